The van der Waals surface area contributed by atoms with Gasteiger partial charge < -0.3 is 5.71 Å². The van der Waals surface area contributed by atoms with E-state index in [1.54, 1.807) is 0 Å². The Morgan fingerprint density at radius 2 is 1.25 bits per heavy atom. The van der Waals surface area contributed by atoms with Crippen molar-refractivity contribution in [3.8, 4) is 0 Å². The molecule has 4 heteroatoms. The average molecular weight is 164 g/mol. The van der Waals surface area contributed by atoms with Gasteiger partial charge in [-0.15, -0.1) is 0 Å². The fourth-order valence-corrected chi connectivity index (χ4v) is 0. The second-order valence-corrected chi connectivity index (χ2v) is 0. The molecule has 0 aliphatic rings. The first kappa shape index (κ1) is 28.7. The smallest absolute Gasteiger partial charge is 1.00 e. The van der Waals surface area contributed by atoms with Gasteiger partial charge in [-0.1, -0.05) is 0 Å². The van der Waals surface area contributed by atoms with Crippen LogP contribution in [-0.4, -0.2) is 18.5 Å². The Balaban J connectivity index is 0. The molecule has 3 radical (unpaired) electrons. The molecule has 0 nitrogen and oxygen atoms in total. The van der Waals surface area contributed by atoms with E-state index in [2.05, 4.69) is 0 Å². The van der Waals surface area contributed by atoms with Gasteiger partial charge in [0.2, 0.25) is 0 Å². The van der Waals surface area contributed by atoms with Gasteiger partial charge in [-0.3, -0.25) is 0 Å². The van der Waals surface area contributed by atoms with Crippen LogP contribution in [0.3, 0.4) is 0 Å². The number of hydrogen-bond acceptors (Lipinski definition) is 0. The average Bonchev–Trinajstić information content (AvgIpc) is 0. The summed E-state index contributed by atoms with van der Waals surface area (Å²) in [6.07, 6.45) is 0. The standard InChI is InChI=1S/B.Be.Cs.Li.4H/q;+2;2*+1;4*-1. The quantitative estimate of drug-likeness (QED) is 0.312. The monoisotopic (exact) mass is 164 g/mol. The van der Waals surface area contributed by atoms with E-state index in [1.807, 2.05) is 0 Å². The molecule has 11 valence electrons. The molecule has 0 aliphatic carbocycles. The minimum atomic E-state index is 0. The third kappa shape index (κ3) is 8.86. The Morgan fingerprint density at radius 3 is 1.25 bits per heavy atom. The molecule has 0 amide bonds. The van der Waals surface area contributed by atoms with E-state index in [0.29, 0.717) is 0 Å². The summed E-state index contributed by atoms with van der Waals surface area (Å²) in [6, 6.07) is 0. The van der Waals surface area contributed by atoms with Gasteiger partial charge in [-0.25, -0.2) is 0 Å². The zero-order valence-electron chi connectivity index (χ0n) is 7.28. The normalized spacial score (nSPS) is 0. The molecule has 0 heterocycles. The predicted molar refractivity (Wildman–Crippen MR) is 16.0 cm³/mol. The molecule has 0 bridgehead atoms. The summed E-state index contributed by atoms with van der Waals surface area (Å²) in [7, 11) is 0. The topological polar surface area (TPSA) is 0 Å². The summed E-state index contributed by atoms with van der Waals surface area (Å²) >= 11 is 0. The van der Waals surface area contributed by atoms with E-state index in [1.165, 1.54) is 0 Å². The van der Waals surface area contributed by atoms with Crippen LogP contribution in [-0.2, 0) is 0 Å². The molecule has 0 aromatic heterocycles. The molecular formula is H4BBeCsLi. The van der Waals surface area contributed by atoms with Crippen molar-refractivity contribution in [1.82, 2.24) is 0 Å². The minimum absolute atomic E-state index is 0. The van der Waals surface area contributed by atoms with Gasteiger partial charge in [0.25, 0.3) is 0 Å². The molecule has 0 aromatic carbocycles. The summed E-state index contributed by atoms with van der Waals surface area (Å²) in [5, 5.41) is 0. The van der Waals surface area contributed by atoms with Crippen LogP contribution in [0.1, 0.15) is 5.71 Å². The van der Waals surface area contributed by atoms with Gasteiger partial charge in [0.05, 0.1) is 0 Å². The Bertz CT molecular complexity index is 16.0. The molecule has 0 aliphatic heterocycles. The molecule has 0 unspecified atom stereocenters. The first-order chi connectivity index (χ1) is 0. The minimum Gasteiger partial charge on any atom is -1.00 e. The zero-order chi connectivity index (χ0) is 0. The van der Waals surface area contributed by atoms with Crippen molar-refractivity contribution in [2.24, 2.45) is 0 Å². The van der Waals surface area contributed by atoms with Crippen molar-refractivity contribution in [3.63, 3.8) is 0 Å². The van der Waals surface area contributed by atoms with E-state index in [9.17, 15) is 0 Å². The van der Waals surface area contributed by atoms with Crippen LogP contribution >= 0.6 is 0 Å². The molecule has 0 saturated carbocycles. The van der Waals surface area contributed by atoms with Gasteiger partial charge in [-0.2, -0.15) is 0 Å². The van der Waals surface area contributed by atoms with E-state index in [0.717, 1.165) is 0 Å². The van der Waals surface area contributed by atoms with Crippen molar-refractivity contribution >= 4 is 18.5 Å². The van der Waals surface area contributed by atoms with Gasteiger partial charge in [0, 0.05) is 8.41 Å². The summed E-state index contributed by atoms with van der Waals surface area (Å²) in [5.74, 6) is 0. The van der Waals surface area contributed by atoms with Crippen molar-refractivity contribution in [3.05, 3.63) is 0 Å². The Kier molecular flexibility index (Phi) is 121. The first-order valence-corrected chi connectivity index (χ1v) is 0. The number of hydrogen-bond donors (Lipinski definition) is 0. The second-order valence-electron chi connectivity index (χ2n) is 0. The van der Waals surface area contributed by atoms with E-state index in [4.69, 9.17) is 0 Å². The summed E-state index contributed by atoms with van der Waals surface area (Å²) in [5.41, 5.74) is 0. The molecule has 0 rings (SSSR count). The third-order valence-corrected chi connectivity index (χ3v) is 0. The van der Waals surface area contributed by atoms with Crippen molar-refractivity contribution in [2.75, 3.05) is 0 Å². The van der Waals surface area contributed by atoms with Gasteiger partial charge in [0.1, 0.15) is 0 Å². The van der Waals surface area contributed by atoms with Crippen LogP contribution in [0.4, 0.5) is 0 Å². The molecular weight excluding hydrogens is 160 g/mol. The maximum Gasteiger partial charge on any atom is 2.00 e. The third-order valence-electron chi connectivity index (χ3n) is 0. The predicted octanol–water partition coefficient (Wildman–Crippen LogP) is -6.30. The van der Waals surface area contributed by atoms with E-state index < -0.39 is 0 Å². The van der Waals surface area contributed by atoms with E-state index in [-0.39, 0.29) is 112 Å². The SMILES string of the molecule is [B].[Be+2].[Cs+].[H-].[H-].[H-].[H-].[Li+]. The van der Waals surface area contributed by atoms with Crippen LogP contribution < -0.4 is 87.8 Å². The Hall–Kier alpha value is 2.88. The van der Waals surface area contributed by atoms with Crippen LogP contribution in [0.15, 0.2) is 0 Å². The molecule has 0 N–H and O–H groups in total. The van der Waals surface area contributed by atoms with Gasteiger partial charge in [0.15, 0.2) is 0 Å². The zero-order valence-corrected chi connectivity index (χ0v) is 9.56. The van der Waals surface area contributed by atoms with Crippen LogP contribution in [0.25, 0.3) is 0 Å². The van der Waals surface area contributed by atoms with Crippen molar-refractivity contribution < 1.29 is 93.5 Å². The second kappa shape index (κ2) is 16.9. The Labute approximate surface area is 109 Å². The first-order valence-electron chi connectivity index (χ1n) is 0. The molecule has 4 heavy (non-hydrogen) atoms. The van der Waals surface area contributed by atoms with Gasteiger partial charge in [-0.05, 0) is 0 Å². The van der Waals surface area contributed by atoms with E-state index >= 15 is 0 Å². The van der Waals surface area contributed by atoms with Crippen LogP contribution in [0, 0.1) is 0 Å². The Morgan fingerprint density at radius 1 is 1.25 bits per heavy atom. The summed E-state index contributed by atoms with van der Waals surface area (Å²) < 4.78 is 0. The maximum atomic E-state index is 0. The fraction of sp³-hybridized carbons (Fsp3) is 0. The fourth-order valence-electron chi connectivity index (χ4n) is 0. The maximum absolute atomic E-state index is 0. The summed E-state index contributed by atoms with van der Waals surface area (Å²) in [6.45, 7) is 0. The molecule has 0 aromatic rings. The van der Waals surface area contributed by atoms with Crippen LogP contribution in [0.5, 0.6) is 0 Å². The largest absolute Gasteiger partial charge is 2.00 e. The van der Waals surface area contributed by atoms with Crippen LogP contribution in [0.2, 0.25) is 0 Å². The molecule has 0 spiro atoms. The van der Waals surface area contributed by atoms with Crippen molar-refractivity contribution in [2.45, 2.75) is 0 Å². The summed E-state index contributed by atoms with van der Waals surface area (Å²) in [4.78, 5) is 0. The molecule has 0 saturated heterocycles. The molecule has 0 fully saturated rings. The molecule has 0 atom stereocenters. The van der Waals surface area contributed by atoms with Crippen molar-refractivity contribution in [1.29, 1.82) is 0 Å². The van der Waals surface area contributed by atoms with Gasteiger partial charge >= 0.3 is 97.9 Å². The number of rotatable bonds is 0.